The van der Waals surface area contributed by atoms with Gasteiger partial charge in [0.25, 0.3) is 0 Å². The first-order chi connectivity index (χ1) is 9.61. The zero-order chi connectivity index (χ0) is 14.5. The average molecular weight is 273 g/mol. The number of nitrogens with zero attached hydrogens (tertiary/aromatic N) is 1. The van der Waals surface area contributed by atoms with Crippen molar-refractivity contribution in [1.82, 2.24) is 10.6 Å². The van der Waals surface area contributed by atoms with E-state index in [-0.39, 0.29) is 6.04 Å². The van der Waals surface area contributed by atoms with Gasteiger partial charge in [-0.05, 0) is 49.6 Å². The lowest BCUT2D eigenvalue weighted by atomic mass is 9.97. The van der Waals surface area contributed by atoms with Crippen LogP contribution in [0.2, 0.25) is 0 Å². The molecule has 1 aromatic carbocycles. The zero-order valence-electron chi connectivity index (χ0n) is 12.1. The third-order valence-electron chi connectivity index (χ3n) is 3.53. The van der Waals surface area contributed by atoms with E-state index in [2.05, 4.69) is 53.7 Å². The van der Waals surface area contributed by atoms with Crippen molar-refractivity contribution in [2.45, 2.75) is 26.3 Å². The molecule has 1 aromatic rings. The van der Waals surface area contributed by atoms with E-state index in [1.807, 2.05) is 0 Å². The lowest BCUT2D eigenvalue weighted by Crippen LogP contribution is -2.40. The van der Waals surface area contributed by atoms with Gasteiger partial charge < -0.3 is 22.1 Å². The van der Waals surface area contributed by atoms with Gasteiger partial charge in [-0.1, -0.05) is 18.2 Å². The molecule has 2 rings (SSSR count). The Morgan fingerprint density at radius 1 is 1.35 bits per heavy atom. The molecular weight excluding hydrogens is 250 g/mol. The molecule has 5 nitrogen and oxygen atoms in total. The summed E-state index contributed by atoms with van der Waals surface area (Å²) in [6.07, 6.45) is 2.98. The summed E-state index contributed by atoms with van der Waals surface area (Å²) in [5, 5.41) is 6.34. The lowest BCUT2D eigenvalue weighted by molar-refractivity contribution is 0.684. The molecule has 5 heteroatoms. The quantitative estimate of drug-likeness (QED) is 0.604. The van der Waals surface area contributed by atoms with Gasteiger partial charge in [0.1, 0.15) is 11.9 Å². The van der Waals surface area contributed by atoms with Crippen LogP contribution in [0.15, 0.2) is 35.1 Å². The highest BCUT2D eigenvalue weighted by Gasteiger charge is 2.17. The van der Waals surface area contributed by atoms with E-state index in [0.29, 0.717) is 12.5 Å². The molecule has 6 N–H and O–H groups in total. The monoisotopic (exact) mass is 273 g/mol. The van der Waals surface area contributed by atoms with Gasteiger partial charge in [-0.3, -0.25) is 0 Å². The Balaban J connectivity index is 2.21. The van der Waals surface area contributed by atoms with E-state index in [4.69, 9.17) is 11.5 Å². The highest BCUT2D eigenvalue weighted by molar-refractivity contribution is 5.81. The van der Waals surface area contributed by atoms with Crippen molar-refractivity contribution < 1.29 is 0 Å². The van der Waals surface area contributed by atoms with Crippen molar-refractivity contribution in [3.05, 3.63) is 46.8 Å². The maximum atomic E-state index is 5.88. The van der Waals surface area contributed by atoms with Crippen molar-refractivity contribution in [2.75, 3.05) is 13.1 Å². The van der Waals surface area contributed by atoms with Crippen molar-refractivity contribution in [2.24, 2.45) is 16.5 Å². The second-order valence-corrected chi connectivity index (χ2v) is 5.02. The Bertz CT molecular complexity index is 533. The molecule has 20 heavy (non-hydrogen) atoms. The Kier molecular flexibility index (Phi) is 4.63. The second-order valence-electron chi connectivity index (χ2n) is 5.02. The molecule has 0 saturated heterocycles. The van der Waals surface area contributed by atoms with Gasteiger partial charge in [-0.2, -0.15) is 0 Å². The third-order valence-corrected chi connectivity index (χ3v) is 3.53. The SMILES string of the molecule is Cc1cccc(C2C=C(NCCCN)NC(N)=N2)c1C. The highest BCUT2D eigenvalue weighted by atomic mass is 15.2. The third kappa shape index (κ3) is 3.30. The molecular formula is C15H23N5. The topological polar surface area (TPSA) is 88.5 Å². The molecule has 0 aromatic heterocycles. The van der Waals surface area contributed by atoms with Crippen LogP contribution in [0.25, 0.3) is 0 Å². The van der Waals surface area contributed by atoms with Crippen LogP contribution < -0.4 is 22.1 Å². The first-order valence-electron chi connectivity index (χ1n) is 6.94. The fourth-order valence-corrected chi connectivity index (χ4v) is 2.24. The van der Waals surface area contributed by atoms with Crippen LogP contribution in [-0.4, -0.2) is 19.0 Å². The predicted octanol–water partition coefficient (Wildman–Crippen LogP) is 1.04. The van der Waals surface area contributed by atoms with Crippen LogP contribution >= 0.6 is 0 Å². The molecule has 108 valence electrons. The molecule has 0 amide bonds. The molecule has 1 unspecified atom stereocenters. The standard InChI is InChI=1S/C15H23N5/c1-10-5-3-6-12(11(10)2)13-9-14(18-8-4-7-16)20-15(17)19-13/h3,5-6,9,13,18H,4,7-8,16H2,1-2H3,(H3,17,19,20). The summed E-state index contributed by atoms with van der Waals surface area (Å²) in [4.78, 5) is 4.48. The number of hydrogen-bond donors (Lipinski definition) is 4. The molecule has 1 aliphatic rings. The molecule has 1 atom stereocenters. The molecule has 0 spiro atoms. The minimum atomic E-state index is -0.0449. The first kappa shape index (κ1) is 14.4. The average Bonchev–Trinajstić information content (AvgIpc) is 2.41. The second kappa shape index (κ2) is 6.43. The van der Waals surface area contributed by atoms with Crippen molar-refractivity contribution >= 4 is 5.96 Å². The minimum Gasteiger partial charge on any atom is -0.372 e. The maximum Gasteiger partial charge on any atom is 0.195 e. The Morgan fingerprint density at radius 2 is 2.15 bits per heavy atom. The lowest BCUT2D eigenvalue weighted by Gasteiger charge is -2.22. The number of hydrogen-bond acceptors (Lipinski definition) is 5. The fraction of sp³-hybridized carbons (Fsp3) is 0.400. The summed E-state index contributed by atoms with van der Waals surface area (Å²) in [5.41, 5.74) is 15.1. The fourth-order valence-electron chi connectivity index (χ4n) is 2.24. The molecule has 1 heterocycles. The number of benzene rings is 1. The minimum absolute atomic E-state index is 0.0449. The van der Waals surface area contributed by atoms with Gasteiger partial charge in [-0.15, -0.1) is 0 Å². The summed E-state index contributed by atoms with van der Waals surface area (Å²) in [5.74, 6) is 1.34. The van der Waals surface area contributed by atoms with Crippen molar-refractivity contribution in [3.8, 4) is 0 Å². The van der Waals surface area contributed by atoms with Crippen LogP contribution in [0.4, 0.5) is 0 Å². The van der Waals surface area contributed by atoms with Crippen molar-refractivity contribution in [3.63, 3.8) is 0 Å². The van der Waals surface area contributed by atoms with Gasteiger partial charge in [0, 0.05) is 6.54 Å². The summed E-state index contributed by atoms with van der Waals surface area (Å²) in [6, 6.07) is 6.22. The van der Waals surface area contributed by atoms with E-state index in [1.165, 1.54) is 16.7 Å². The summed E-state index contributed by atoms with van der Waals surface area (Å²) >= 11 is 0. The van der Waals surface area contributed by atoms with Gasteiger partial charge in [0.15, 0.2) is 5.96 Å². The van der Waals surface area contributed by atoms with E-state index in [0.717, 1.165) is 18.8 Å². The first-order valence-corrected chi connectivity index (χ1v) is 6.94. The molecule has 0 radical (unpaired) electrons. The Morgan fingerprint density at radius 3 is 2.90 bits per heavy atom. The number of aryl methyl sites for hydroxylation is 1. The van der Waals surface area contributed by atoms with Crippen LogP contribution in [0, 0.1) is 13.8 Å². The van der Waals surface area contributed by atoms with Gasteiger partial charge in [0.05, 0.1) is 0 Å². The van der Waals surface area contributed by atoms with Gasteiger partial charge in [-0.25, -0.2) is 4.99 Å². The maximum absolute atomic E-state index is 5.88. The smallest absolute Gasteiger partial charge is 0.195 e. The van der Waals surface area contributed by atoms with Crippen LogP contribution in [0.3, 0.4) is 0 Å². The van der Waals surface area contributed by atoms with Crippen LogP contribution in [0.5, 0.6) is 0 Å². The van der Waals surface area contributed by atoms with E-state index < -0.39 is 0 Å². The number of nitrogens with one attached hydrogen (secondary N) is 2. The number of aliphatic imine (C=N–C) groups is 1. The number of guanidine groups is 1. The van der Waals surface area contributed by atoms with Crippen LogP contribution in [-0.2, 0) is 0 Å². The molecule has 0 bridgehead atoms. The number of nitrogens with two attached hydrogens (primary N) is 2. The van der Waals surface area contributed by atoms with Crippen molar-refractivity contribution in [1.29, 1.82) is 0 Å². The van der Waals surface area contributed by atoms with E-state index >= 15 is 0 Å². The van der Waals surface area contributed by atoms with E-state index in [1.54, 1.807) is 0 Å². The molecule has 0 aliphatic carbocycles. The summed E-state index contributed by atoms with van der Waals surface area (Å²) in [6.45, 7) is 5.72. The number of rotatable bonds is 5. The van der Waals surface area contributed by atoms with Gasteiger partial charge >= 0.3 is 0 Å². The molecule has 0 saturated carbocycles. The Hall–Kier alpha value is -2.01. The summed E-state index contributed by atoms with van der Waals surface area (Å²) < 4.78 is 0. The Labute approximate surface area is 120 Å². The summed E-state index contributed by atoms with van der Waals surface area (Å²) in [7, 11) is 0. The predicted molar refractivity (Wildman–Crippen MR) is 83.2 cm³/mol. The normalized spacial score (nSPS) is 18.1. The highest BCUT2D eigenvalue weighted by Crippen LogP contribution is 2.26. The van der Waals surface area contributed by atoms with E-state index in [9.17, 15) is 0 Å². The zero-order valence-corrected chi connectivity index (χ0v) is 12.1. The van der Waals surface area contributed by atoms with Gasteiger partial charge in [0.2, 0.25) is 0 Å². The molecule has 1 aliphatic heterocycles. The largest absolute Gasteiger partial charge is 0.372 e. The molecule has 0 fully saturated rings. The van der Waals surface area contributed by atoms with Crippen LogP contribution in [0.1, 0.15) is 29.2 Å².